The zero-order valence-corrected chi connectivity index (χ0v) is 18.5. The van der Waals surface area contributed by atoms with Crippen molar-refractivity contribution in [3.8, 4) is 17.3 Å². The Labute approximate surface area is 188 Å². The van der Waals surface area contributed by atoms with Gasteiger partial charge in [0.2, 0.25) is 0 Å². The molecule has 0 radical (unpaired) electrons. The molecular formula is C27H27N3O2. The van der Waals surface area contributed by atoms with E-state index in [0.29, 0.717) is 0 Å². The summed E-state index contributed by atoms with van der Waals surface area (Å²) in [5.41, 5.74) is 4.04. The number of hydrogen-bond acceptors (Lipinski definition) is 4. The fraction of sp³-hybridized carbons (Fsp3) is 0.259. The summed E-state index contributed by atoms with van der Waals surface area (Å²) in [6.07, 6.45) is 10.8. The van der Waals surface area contributed by atoms with Gasteiger partial charge < -0.3 is 9.47 Å². The minimum atomic E-state index is 0.249. The van der Waals surface area contributed by atoms with Gasteiger partial charge in [-0.15, -0.1) is 0 Å². The van der Waals surface area contributed by atoms with Crippen LogP contribution < -0.4 is 9.47 Å². The smallest absolute Gasteiger partial charge is 0.168 e. The zero-order valence-electron chi connectivity index (χ0n) is 18.5. The number of pyridine rings is 1. The number of fused-ring (bicyclic) bond motifs is 1. The standard InChI is InChI=1S/C27H27N3O2/c1-19-9-8-18-28-27(19)30-23-14-6-5-13-22(23)29-25(30)17-16-20-10-7-15-24(31-2)26(20)32-21-11-3-4-12-21/h5-10,13-18,21H,3-4,11-12H2,1-2H3/b17-16+. The molecule has 4 aromatic rings. The fourth-order valence-electron chi connectivity index (χ4n) is 4.38. The highest BCUT2D eigenvalue weighted by Gasteiger charge is 2.20. The topological polar surface area (TPSA) is 49.2 Å². The van der Waals surface area contributed by atoms with Crippen LogP contribution in [0.4, 0.5) is 0 Å². The molecule has 1 fully saturated rings. The number of nitrogens with zero attached hydrogens (tertiary/aromatic N) is 3. The molecule has 1 saturated carbocycles. The predicted molar refractivity (Wildman–Crippen MR) is 128 cm³/mol. The van der Waals surface area contributed by atoms with Gasteiger partial charge >= 0.3 is 0 Å². The highest BCUT2D eigenvalue weighted by molar-refractivity contribution is 5.82. The number of para-hydroxylation sites is 3. The molecule has 162 valence electrons. The van der Waals surface area contributed by atoms with Crippen LogP contribution in [-0.4, -0.2) is 27.7 Å². The van der Waals surface area contributed by atoms with Crippen LogP contribution in [0.25, 0.3) is 29.0 Å². The zero-order chi connectivity index (χ0) is 21.9. The first kappa shape index (κ1) is 20.3. The van der Waals surface area contributed by atoms with Gasteiger partial charge in [-0.05, 0) is 74.6 Å². The van der Waals surface area contributed by atoms with E-state index in [1.165, 1.54) is 12.8 Å². The molecule has 5 nitrogen and oxygen atoms in total. The highest BCUT2D eigenvalue weighted by atomic mass is 16.5. The van der Waals surface area contributed by atoms with E-state index in [0.717, 1.165) is 58.1 Å². The summed E-state index contributed by atoms with van der Waals surface area (Å²) >= 11 is 0. The van der Waals surface area contributed by atoms with Gasteiger partial charge in [-0.2, -0.15) is 0 Å². The molecule has 2 heterocycles. The molecule has 2 aromatic heterocycles. The Morgan fingerprint density at radius 2 is 1.81 bits per heavy atom. The van der Waals surface area contributed by atoms with Gasteiger partial charge in [0, 0.05) is 11.8 Å². The molecule has 1 aliphatic rings. The molecule has 0 unspecified atom stereocenters. The van der Waals surface area contributed by atoms with Crippen molar-refractivity contribution < 1.29 is 9.47 Å². The lowest BCUT2D eigenvalue weighted by molar-refractivity contribution is 0.200. The monoisotopic (exact) mass is 425 g/mol. The Bertz CT molecular complexity index is 1270. The largest absolute Gasteiger partial charge is 0.493 e. The van der Waals surface area contributed by atoms with Crippen molar-refractivity contribution in [2.45, 2.75) is 38.7 Å². The van der Waals surface area contributed by atoms with E-state index in [1.54, 1.807) is 7.11 Å². The molecule has 1 aliphatic carbocycles. The molecule has 32 heavy (non-hydrogen) atoms. The molecule has 0 amide bonds. The number of aryl methyl sites for hydroxylation is 1. The van der Waals surface area contributed by atoms with Crippen molar-refractivity contribution in [3.63, 3.8) is 0 Å². The summed E-state index contributed by atoms with van der Waals surface area (Å²) in [7, 11) is 1.69. The van der Waals surface area contributed by atoms with Crippen molar-refractivity contribution in [1.82, 2.24) is 14.5 Å². The normalized spacial score (nSPS) is 14.4. The van der Waals surface area contributed by atoms with E-state index < -0.39 is 0 Å². The quantitative estimate of drug-likeness (QED) is 0.367. The number of benzene rings is 2. The number of methoxy groups -OCH3 is 1. The lowest BCUT2D eigenvalue weighted by Gasteiger charge is -2.18. The number of imidazole rings is 1. The lowest BCUT2D eigenvalue weighted by Crippen LogP contribution is -2.12. The van der Waals surface area contributed by atoms with E-state index in [-0.39, 0.29) is 6.10 Å². The van der Waals surface area contributed by atoms with Gasteiger partial charge in [0.05, 0.1) is 24.2 Å². The van der Waals surface area contributed by atoms with Gasteiger partial charge in [-0.1, -0.05) is 30.3 Å². The van der Waals surface area contributed by atoms with Crippen LogP contribution in [0.15, 0.2) is 60.8 Å². The van der Waals surface area contributed by atoms with Crippen molar-refractivity contribution in [1.29, 1.82) is 0 Å². The number of hydrogen-bond donors (Lipinski definition) is 0. The minimum absolute atomic E-state index is 0.249. The van der Waals surface area contributed by atoms with E-state index in [2.05, 4.69) is 40.7 Å². The number of aromatic nitrogens is 3. The number of rotatable bonds is 6. The third-order valence-corrected chi connectivity index (χ3v) is 6.01. The first-order valence-electron chi connectivity index (χ1n) is 11.2. The van der Waals surface area contributed by atoms with Gasteiger partial charge in [-0.25, -0.2) is 9.97 Å². The van der Waals surface area contributed by atoms with Gasteiger partial charge in [0.25, 0.3) is 0 Å². The Morgan fingerprint density at radius 3 is 2.62 bits per heavy atom. The van der Waals surface area contributed by atoms with Crippen LogP contribution in [0.2, 0.25) is 0 Å². The Balaban J connectivity index is 1.59. The summed E-state index contributed by atoms with van der Waals surface area (Å²) < 4.78 is 14.1. The average molecular weight is 426 g/mol. The van der Waals surface area contributed by atoms with Crippen LogP contribution in [-0.2, 0) is 0 Å². The maximum absolute atomic E-state index is 6.39. The van der Waals surface area contributed by atoms with Gasteiger partial charge in [-0.3, -0.25) is 4.57 Å². The third-order valence-electron chi connectivity index (χ3n) is 6.01. The summed E-state index contributed by atoms with van der Waals surface area (Å²) in [5.74, 6) is 3.26. The Morgan fingerprint density at radius 1 is 0.969 bits per heavy atom. The molecule has 5 rings (SSSR count). The van der Waals surface area contributed by atoms with Gasteiger partial charge in [0.1, 0.15) is 11.6 Å². The van der Waals surface area contributed by atoms with Crippen LogP contribution >= 0.6 is 0 Å². The number of ether oxygens (including phenoxy) is 2. The summed E-state index contributed by atoms with van der Waals surface area (Å²) in [6, 6.07) is 18.2. The first-order chi connectivity index (χ1) is 15.7. The van der Waals surface area contributed by atoms with Crippen LogP contribution in [0.3, 0.4) is 0 Å². The maximum atomic E-state index is 6.39. The van der Waals surface area contributed by atoms with Crippen LogP contribution in [0.5, 0.6) is 11.5 Å². The molecule has 0 spiro atoms. The van der Waals surface area contributed by atoms with E-state index in [9.17, 15) is 0 Å². The summed E-state index contributed by atoms with van der Waals surface area (Å²) in [6.45, 7) is 2.07. The van der Waals surface area contributed by atoms with Crippen LogP contribution in [0, 0.1) is 6.92 Å². The summed E-state index contributed by atoms with van der Waals surface area (Å²) in [5, 5.41) is 0. The first-order valence-corrected chi connectivity index (χ1v) is 11.2. The SMILES string of the molecule is COc1cccc(/C=C/c2nc3ccccc3n2-c2ncccc2C)c1OC1CCCC1. The Hall–Kier alpha value is -3.60. The van der Waals surface area contributed by atoms with Crippen molar-refractivity contribution >= 4 is 23.2 Å². The highest BCUT2D eigenvalue weighted by Crippen LogP contribution is 2.36. The fourth-order valence-corrected chi connectivity index (χ4v) is 4.38. The molecular weight excluding hydrogens is 398 g/mol. The van der Waals surface area contributed by atoms with E-state index in [1.807, 2.05) is 48.7 Å². The maximum Gasteiger partial charge on any atom is 0.168 e. The lowest BCUT2D eigenvalue weighted by atomic mass is 10.1. The minimum Gasteiger partial charge on any atom is -0.493 e. The second-order valence-corrected chi connectivity index (χ2v) is 8.17. The molecule has 0 bridgehead atoms. The average Bonchev–Trinajstić information content (AvgIpc) is 3.46. The predicted octanol–water partition coefficient (Wildman–Crippen LogP) is 6.23. The second-order valence-electron chi connectivity index (χ2n) is 8.17. The molecule has 0 N–H and O–H groups in total. The third kappa shape index (κ3) is 3.86. The molecule has 0 atom stereocenters. The Kier molecular flexibility index (Phi) is 5.63. The molecule has 2 aromatic carbocycles. The molecule has 0 aliphatic heterocycles. The molecule has 5 heteroatoms. The van der Waals surface area contributed by atoms with Crippen molar-refractivity contribution in [2.24, 2.45) is 0 Å². The van der Waals surface area contributed by atoms with Crippen LogP contribution in [0.1, 0.15) is 42.6 Å². The van der Waals surface area contributed by atoms with E-state index in [4.69, 9.17) is 14.5 Å². The van der Waals surface area contributed by atoms with Crippen molar-refractivity contribution in [2.75, 3.05) is 7.11 Å². The van der Waals surface area contributed by atoms with Gasteiger partial charge in [0.15, 0.2) is 11.5 Å². The summed E-state index contributed by atoms with van der Waals surface area (Å²) in [4.78, 5) is 9.53. The molecule has 0 saturated heterocycles. The van der Waals surface area contributed by atoms with Crippen molar-refractivity contribution in [3.05, 3.63) is 77.7 Å². The second kappa shape index (κ2) is 8.87. The van der Waals surface area contributed by atoms with E-state index >= 15 is 0 Å².